The Bertz CT molecular complexity index is 770. The van der Waals surface area contributed by atoms with Gasteiger partial charge >= 0.3 is 0 Å². The van der Waals surface area contributed by atoms with Crippen molar-refractivity contribution in [1.29, 1.82) is 0 Å². The third kappa shape index (κ3) is 2.23. The van der Waals surface area contributed by atoms with Gasteiger partial charge in [-0.05, 0) is 30.5 Å². The van der Waals surface area contributed by atoms with Crippen molar-refractivity contribution in [3.05, 3.63) is 52.5 Å². The number of carbonyl (C=O) groups excluding carboxylic acids is 1. The van der Waals surface area contributed by atoms with E-state index in [1.165, 1.54) is 11.3 Å². The van der Waals surface area contributed by atoms with Gasteiger partial charge in [0.05, 0.1) is 10.6 Å². The number of carbonyl (C=O) groups is 1. The quantitative estimate of drug-likeness (QED) is 0.757. The highest BCUT2D eigenvalue weighted by Gasteiger charge is 2.12. The lowest BCUT2D eigenvalue weighted by Crippen LogP contribution is -2.10. The molecule has 0 bridgehead atoms. The van der Waals surface area contributed by atoms with E-state index in [4.69, 9.17) is 5.73 Å². The average Bonchev–Trinajstić information content (AvgIpc) is 2.79. The third-order valence-corrected chi connectivity index (χ3v) is 4.18. The maximum Gasteiger partial charge on any atom is 0.265 e. The highest BCUT2D eigenvalue weighted by molar-refractivity contribution is 7.14. The fourth-order valence-corrected chi connectivity index (χ4v) is 2.85. The minimum absolute atomic E-state index is 0.147. The van der Waals surface area contributed by atoms with Gasteiger partial charge in [0.1, 0.15) is 0 Å². The number of rotatable bonds is 2. The third-order valence-electron chi connectivity index (χ3n) is 3.11. The predicted molar refractivity (Wildman–Crippen MR) is 83.2 cm³/mol. The zero-order chi connectivity index (χ0) is 14.1. The first-order valence-corrected chi connectivity index (χ1v) is 6.97. The Morgan fingerprint density at radius 1 is 1.35 bits per heavy atom. The molecular formula is C15H13N3OS. The molecule has 2 heterocycles. The summed E-state index contributed by atoms with van der Waals surface area (Å²) in [5, 5.41) is 4.88. The van der Waals surface area contributed by atoms with Gasteiger partial charge in [0.2, 0.25) is 0 Å². The highest BCUT2D eigenvalue weighted by atomic mass is 32.1. The van der Waals surface area contributed by atoms with Gasteiger partial charge in [0.25, 0.3) is 5.91 Å². The number of nitrogens with two attached hydrogens (primary N) is 1. The Balaban J connectivity index is 1.95. The normalized spacial score (nSPS) is 10.7. The van der Waals surface area contributed by atoms with E-state index < -0.39 is 0 Å². The summed E-state index contributed by atoms with van der Waals surface area (Å²) in [4.78, 5) is 17.9. The smallest absolute Gasteiger partial charge is 0.265 e. The Morgan fingerprint density at radius 2 is 2.20 bits per heavy atom. The van der Waals surface area contributed by atoms with Crippen LogP contribution in [-0.2, 0) is 0 Å². The largest absolute Gasteiger partial charge is 0.398 e. The number of fused-ring (bicyclic) bond motifs is 1. The van der Waals surface area contributed by atoms with Crippen LogP contribution >= 0.6 is 11.3 Å². The number of hydrogen-bond donors (Lipinski definition) is 2. The first kappa shape index (κ1) is 12.6. The van der Waals surface area contributed by atoms with Gasteiger partial charge in [0.15, 0.2) is 0 Å². The molecule has 0 unspecified atom stereocenters. The number of pyridine rings is 1. The lowest BCUT2D eigenvalue weighted by atomic mass is 10.1. The molecule has 3 N–H and O–H groups in total. The maximum atomic E-state index is 12.2. The number of nitrogens with zero attached hydrogens (tertiary/aromatic N) is 1. The second-order valence-corrected chi connectivity index (χ2v) is 5.74. The fraction of sp³-hybridized carbons (Fsp3) is 0.0667. The van der Waals surface area contributed by atoms with E-state index >= 15 is 0 Å². The molecule has 1 aromatic carbocycles. The van der Waals surface area contributed by atoms with E-state index in [1.807, 2.05) is 31.2 Å². The van der Waals surface area contributed by atoms with Gasteiger partial charge in [-0.25, -0.2) is 0 Å². The van der Waals surface area contributed by atoms with Crippen LogP contribution in [0.5, 0.6) is 0 Å². The summed E-state index contributed by atoms with van der Waals surface area (Å²) >= 11 is 1.39. The lowest BCUT2D eigenvalue weighted by Gasteiger charge is -2.07. The number of aromatic nitrogens is 1. The Labute approximate surface area is 120 Å². The molecule has 0 aliphatic heterocycles. The molecule has 0 aliphatic carbocycles. The molecule has 0 spiro atoms. The molecule has 3 aromatic rings. The molecule has 4 nitrogen and oxygen atoms in total. The van der Waals surface area contributed by atoms with Crippen LogP contribution in [0.15, 0.2) is 42.7 Å². The number of nitrogen functional groups attached to an aromatic ring is 1. The summed E-state index contributed by atoms with van der Waals surface area (Å²) in [6.45, 7) is 1.90. The monoisotopic (exact) mass is 283 g/mol. The van der Waals surface area contributed by atoms with Crippen LogP contribution in [0.2, 0.25) is 0 Å². The first-order valence-electron chi connectivity index (χ1n) is 6.15. The van der Waals surface area contributed by atoms with Crippen molar-refractivity contribution in [3.63, 3.8) is 0 Å². The maximum absolute atomic E-state index is 12.2. The molecule has 0 atom stereocenters. The fourth-order valence-electron chi connectivity index (χ4n) is 2.01. The van der Waals surface area contributed by atoms with Gasteiger partial charge in [-0.2, -0.15) is 0 Å². The number of anilines is 2. The molecular weight excluding hydrogens is 270 g/mol. The molecule has 3 rings (SSSR count). The Kier molecular flexibility index (Phi) is 3.12. The van der Waals surface area contributed by atoms with Crippen molar-refractivity contribution in [1.82, 2.24) is 4.98 Å². The van der Waals surface area contributed by atoms with Crippen LogP contribution in [-0.4, -0.2) is 10.9 Å². The number of amides is 1. The van der Waals surface area contributed by atoms with Crippen LogP contribution in [0.1, 0.15) is 14.5 Å². The van der Waals surface area contributed by atoms with E-state index in [1.54, 1.807) is 18.5 Å². The Morgan fingerprint density at radius 3 is 2.95 bits per heavy atom. The topological polar surface area (TPSA) is 68.0 Å². The second kappa shape index (κ2) is 4.94. The molecule has 0 saturated heterocycles. The van der Waals surface area contributed by atoms with Crippen molar-refractivity contribution in [3.8, 4) is 0 Å². The predicted octanol–water partition coefficient (Wildman–Crippen LogP) is 3.44. The van der Waals surface area contributed by atoms with Crippen molar-refractivity contribution < 1.29 is 4.79 Å². The minimum atomic E-state index is -0.147. The van der Waals surface area contributed by atoms with E-state index in [-0.39, 0.29) is 5.91 Å². The first-order chi connectivity index (χ1) is 9.65. The number of nitrogens with one attached hydrogen (secondary N) is 1. The van der Waals surface area contributed by atoms with Crippen LogP contribution in [0.25, 0.3) is 10.8 Å². The molecule has 20 heavy (non-hydrogen) atoms. The van der Waals surface area contributed by atoms with E-state index in [0.717, 1.165) is 21.3 Å². The van der Waals surface area contributed by atoms with E-state index in [2.05, 4.69) is 10.3 Å². The molecule has 0 aliphatic rings. The molecule has 100 valence electrons. The van der Waals surface area contributed by atoms with Crippen LogP contribution < -0.4 is 11.1 Å². The minimum Gasteiger partial charge on any atom is -0.398 e. The average molecular weight is 283 g/mol. The van der Waals surface area contributed by atoms with Gasteiger partial charge in [-0.15, -0.1) is 11.3 Å². The molecule has 1 amide bonds. The summed E-state index contributed by atoms with van der Waals surface area (Å²) in [7, 11) is 0. The molecule has 5 heteroatoms. The van der Waals surface area contributed by atoms with Crippen LogP contribution in [0, 0.1) is 6.92 Å². The van der Waals surface area contributed by atoms with Crippen molar-refractivity contribution in [2.24, 2.45) is 0 Å². The summed E-state index contributed by atoms with van der Waals surface area (Å²) in [6.07, 6.45) is 3.48. The molecule has 0 radical (unpaired) electrons. The van der Waals surface area contributed by atoms with Gasteiger partial charge in [0, 0.05) is 28.3 Å². The van der Waals surface area contributed by atoms with Gasteiger partial charge in [-0.1, -0.05) is 12.1 Å². The standard InChI is InChI=1S/C15H13N3OS/c1-9-12(16)7-14(20-9)15(19)18-13-4-2-3-10-5-6-17-8-11(10)13/h2-8H,16H2,1H3,(H,18,19). The second-order valence-electron chi connectivity index (χ2n) is 4.48. The zero-order valence-corrected chi connectivity index (χ0v) is 11.7. The summed E-state index contributed by atoms with van der Waals surface area (Å²) in [5.74, 6) is -0.147. The molecule has 0 saturated carbocycles. The number of thiophene rings is 1. The van der Waals surface area contributed by atoms with Crippen molar-refractivity contribution in [2.45, 2.75) is 6.92 Å². The Hall–Kier alpha value is -2.40. The van der Waals surface area contributed by atoms with Crippen molar-refractivity contribution >= 4 is 39.4 Å². The lowest BCUT2D eigenvalue weighted by molar-refractivity contribution is 0.103. The number of benzene rings is 1. The SMILES string of the molecule is Cc1sc(C(=O)Nc2cccc3ccncc23)cc1N. The number of hydrogen-bond acceptors (Lipinski definition) is 4. The summed E-state index contributed by atoms with van der Waals surface area (Å²) < 4.78 is 0. The van der Waals surface area contributed by atoms with Crippen LogP contribution in [0.3, 0.4) is 0 Å². The van der Waals surface area contributed by atoms with Gasteiger partial charge < -0.3 is 11.1 Å². The highest BCUT2D eigenvalue weighted by Crippen LogP contribution is 2.26. The van der Waals surface area contributed by atoms with Gasteiger partial charge in [-0.3, -0.25) is 9.78 Å². The van der Waals surface area contributed by atoms with Crippen molar-refractivity contribution in [2.75, 3.05) is 11.1 Å². The molecule has 2 aromatic heterocycles. The van der Waals surface area contributed by atoms with E-state index in [9.17, 15) is 4.79 Å². The number of aryl methyl sites for hydroxylation is 1. The zero-order valence-electron chi connectivity index (χ0n) is 10.9. The molecule has 0 fully saturated rings. The summed E-state index contributed by atoms with van der Waals surface area (Å²) in [5.41, 5.74) is 7.19. The summed E-state index contributed by atoms with van der Waals surface area (Å²) in [6, 6.07) is 9.38. The van der Waals surface area contributed by atoms with E-state index in [0.29, 0.717) is 10.6 Å². The van der Waals surface area contributed by atoms with Crippen LogP contribution in [0.4, 0.5) is 11.4 Å².